The number of anilines is 2. The van der Waals surface area contributed by atoms with Crippen molar-refractivity contribution in [2.24, 2.45) is 0 Å². The molecule has 0 spiro atoms. The Morgan fingerprint density at radius 3 is 2.31 bits per heavy atom. The molecule has 0 aliphatic carbocycles. The summed E-state index contributed by atoms with van der Waals surface area (Å²) in [5, 5.41) is 9.11. The summed E-state index contributed by atoms with van der Waals surface area (Å²) in [6.07, 6.45) is 1.42. The quantitative estimate of drug-likeness (QED) is 0.750. The van der Waals surface area contributed by atoms with Crippen LogP contribution in [-0.4, -0.2) is 22.0 Å². The van der Waals surface area contributed by atoms with E-state index >= 15 is 0 Å². The number of nitrogens with zero attached hydrogens (tertiary/aromatic N) is 2. The zero-order valence-corrected chi connectivity index (χ0v) is 14.7. The van der Waals surface area contributed by atoms with Crippen LogP contribution in [0.3, 0.4) is 0 Å². The van der Waals surface area contributed by atoms with Crippen LogP contribution in [0.15, 0.2) is 47.1 Å². The first kappa shape index (κ1) is 17.3. The molecule has 3 aromatic rings. The molecular weight excluding hydrogens is 332 g/mol. The molecule has 1 aromatic carbocycles. The molecule has 0 saturated carbocycles. The summed E-state index contributed by atoms with van der Waals surface area (Å²) in [7, 11) is 0. The van der Waals surface area contributed by atoms with Crippen molar-refractivity contribution in [2.45, 2.75) is 20.8 Å². The average Bonchev–Trinajstić information content (AvgIpc) is 2.99. The van der Waals surface area contributed by atoms with E-state index in [2.05, 4.69) is 20.8 Å². The molecule has 2 aromatic heterocycles. The predicted molar refractivity (Wildman–Crippen MR) is 97.3 cm³/mol. The van der Waals surface area contributed by atoms with Crippen LogP contribution in [-0.2, 0) is 0 Å². The molecule has 26 heavy (non-hydrogen) atoms. The van der Waals surface area contributed by atoms with E-state index in [0.29, 0.717) is 22.8 Å². The van der Waals surface area contributed by atoms with Crippen molar-refractivity contribution in [1.82, 2.24) is 10.1 Å². The Kier molecular flexibility index (Phi) is 4.79. The number of hydrogen-bond donors (Lipinski definition) is 2. The van der Waals surface area contributed by atoms with Crippen molar-refractivity contribution in [2.75, 3.05) is 10.6 Å². The second-order valence-corrected chi connectivity index (χ2v) is 6.04. The maximum Gasteiger partial charge on any atom is 0.274 e. The van der Waals surface area contributed by atoms with Gasteiger partial charge in [0.05, 0.1) is 0 Å². The van der Waals surface area contributed by atoms with Crippen LogP contribution in [0.5, 0.6) is 0 Å². The third-order valence-corrected chi connectivity index (χ3v) is 3.60. The molecule has 0 bridgehead atoms. The molecule has 7 heteroatoms. The highest BCUT2D eigenvalue weighted by Gasteiger charge is 2.14. The molecule has 0 unspecified atom stereocenters. The van der Waals surface area contributed by atoms with Gasteiger partial charge in [0.15, 0.2) is 5.82 Å². The van der Waals surface area contributed by atoms with E-state index in [1.54, 1.807) is 13.0 Å². The highest BCUT2D eigenvalue weighted by molar-refractivity contribution is 6.07. The Balaban J connectivity index is 1.75. The highest BCUT2D eigenvalue weighted by atomic mass is 16.5. The van der Waals surface area contributed by atoms with E-state index in [1.165, 1.54) is 18.3 Å². The van der Waals surface area contributed by atoms with Crippen LogP contribution in [0.25, 0.3) is 0 Å². The lowest BCUT2D eigenvalue weighted by Gasteiger charge is -2.08. The van der Waals surface area contributed by atoms with Crippen molar-refractivity contribution in [1.29, 1.82) is 0 Å². The number of benzene rings is 1. The first-order chi connectivity index (χ1) is 12.4. The molecule has 0 fully saturated rings. The fraction of sp³-hybridized carbons (Fsp3) is 0.158. The van der Waals surface area contributed by atoms with E-state index in [9.17, 15) is 9.59 Å². The number of hydrogen-bond acceptors (Lipinski definition) is 5. The molecule has 0 atom stereocenters. The van der Waals surface area contributed by atoms with Gasteiger partial charge in [-0.3, -0.25) is 14.6 Å². The topological polar surface area (TPSA) is 97.1 Å². The van der Waals surface area contributed by atoms with Gasteiger partial charge >= 0.3 is 0 Å². The summed E-state index contributed by atoms with van der Waals surface area (Å²) < 4.78 is 4.91. The lowest BCUT2D eigenvalue weighted by molar-refractivity contribution is 0.102. The summed E-state index contributed by atoms with van der Waals surface area (Å²) in [6.45, 7) is 5.64. The third kappa shape index (κ3) is 4.13. The Labute approximate surface area is 150 Å². The summed E-state index contributed by atoms with van der Waals surface area (Å²) >= 11 is 0. The van der Waals surface area contributed by atoms with Crippen molar-refractivity contribution < 1.29 is 14.1 Å². The van der Waals surface area contributed by atoms with Crippen LogP contribution in [0, 0.1) is 20.8 Å². The molecule has 2 N–H and O–H groups in total. The molecule has 2 amide bonds. The number of pyridine rings is 1. The number of carbonyl (C=O) groups is 2. The molecular formula is C19H18N4O3. The summed E-state index contributed by atoms with van der Waals surface area (Å²) in [6, 6.07) is 10.3. The number of rotatable bonds is 4. The van der Waals surface area contributed by atoms with Gasteiger partial charge in [0.1, 0.15) is 11.5 Å². The fourth-order valence-corrected chi connectivity index (χ4v) is 2.55. The van der Waals surface area contributed by atoms with Gasteiger partial charge in [0.25, 0.3) is 11.8 Å². The monoisotopic (exact) mass is 350 g/mol. The molecule has 2 heterocycles. The molecule has 0 aliphatic heterocycles. The van der Waals surface area contributed by atoms with E-state index in [-0.39, 0.29) is 11.6 Å². The second kappa shape index (κ2) is 7.18. The third-order valence-electron chi connectivity index (χ3n) is 3.60. The normalized spacial score (nSPS) is 10.4. The summed E-state index contributed by atoms with van der Waals surface area (Å²) in [4.78, 5) is 28.8. The molecule has 7 nitrogen and oxygen atoms in total. The SMILES string of the molecule is Cc1cc(C)cc(NC(=O)c2cc(C(=O)Nc3cc(C)on3)ccn2)c1. The van der Waals surface area contributed by atoms with Gasteiger partial charge in [-0.1, -0.05) is 11.2 Å². The summed E-state index contributed by atoms with van der Waals surface area (Å²) in [5.74, 6) is 0.108. The first-order valence-electron chi connectivity index (χ1n) is 8.01. The summed E-state index contributed by atoms with van der Waals surface area (Å²) in [5.41, 5.74) is 3.22. The Morgan fingerprint density at radius 1 is 0.923 bits per heavy atom. The van der Waals surface area contributed by atoms with Gasteiger partial charge in [-0.2, -0.15) is 0 Å². The lowest BCUT2D eigenvalue weighted by atomic mass is 10.1. The predicted octanol–water partition coefficient (Wildman–Crippen LogP) is 3.50. The van der Waals surface area contributed by atoms with Crippen LogP contribution < -0.4 is 10.6 Å². The maximum atomic E-state index is 12.4. The molecule has 0 radical (unpaired) electrons. The van der Waals surface area contributed by atoms with E-state index in [4.69, 9.17) is 4.52 Å². The number of aromatic nitrogens is 2. The number of amides is 2. The Morgan fingerprint density at radius 2 is 1.65 bits per heavy atom. The smallest absolute Gasteiger partial charge is 0.274 e. The van der Waals surface area contributed by atoms with Gasteiger partial charge < -0.3 is 15.2 Å². The minimum atomic E-state index is -0.402. The highest BCUT2D eigenvalue weighted by Crippen LogP contribution is 2.15. The van der Waals surface area contributed by atoms with Gasteiger partial charge in [-0.25, -0.2) is 0 Å². The minimum Gasteiger partial charge on any atom is -0.360 e. The van der Waals surface area contributed by atoms with Gasteiger partial charge in [-0.05, 0) is 56.2 Å². The lowest BCUT2D eigenvalue weighted by Crippen LogP contribution is -2.17. The van der Waals surface area contributed by atoms with Crippen LogP contribution in [0.2, 0.25) is 0 Å². The maximum absolute atomic E-state index is 12.4. The van der Waals surface area contributed by atoms with Crippen molar-refractivity contribution in [3.8, 4) is 0 Å². The minimum absolute atomic E-state index is 0.146. The zero-order valence-electron chi connectivity index (χ0n) is 14.7. The van der Waals surface area contributed by atoms with Gasteiger partial charge in [0.2, 0.25) is 0 Å². The van der Waals surface area contributed by atoms with E-state index < -0.39 is 5.91 Å². The van der Waals surface area contributed by atoms with Gasteiger partial charge in [-0.15, -0.1) is 0 Å². The fourth-order valence-electron chi connectivity index (χ4n) is 2.55. The van der Waals surface area contributed by atoms with E-state index in [1.807, 2.05) is 32.0 Å². The number of aryl methyl sites for hydroxylation is 3. The first-order valence-corrected chi connectivity index (χ1v) is 8.01. The number of carbonyl (C=O) groups excluding carboxylic acids is 2. The van der Waals surface area contributed by atoms with Crippen molar-refractivity contribution >= 4 is 23.3 Å². The van der Waals surface area contributed by atoms with Crippen LogP contribution in [0.1, 0.15) is 37.7 Å². The van der Waals surface area contributed by atoms with Crippen molar-refractivity contribution in [3.05, 3.63) is 70.7 Å². The van der Waals surface area contributed by atoms with Crippen LogP contribution >= 0.6 is 0 Å². The Bertz CT molecular complexity index is 958. The zero-order chi connectivity index (χ0) is 18.7. The standard InChI is InChI=1S/C19H18N4O3/c1-11-6-12(2)8-15(7-11)21-19(25)16-10-14(4-5-20-16)18(24)22-17-9-13(3)26-23-17/h4-10H,1-3H3,(H,21,25)(H,22,23,24). The largest absolute Gasteiger partial charge is 0.360 e. The molecule has 0 aliphatic rings. The van der Waals surface area contributed by atoms with Crippen LogP contribution in [0.4, 0.5) is 11.5 Å². The van der Waals surface area contributed by atoms with Gasteiger partial charge in [0, 0.05) is 23.5 Å². The average molecular weight is 350 g/mol. The molecule has 132 valence electrons. The van der Waals surface area contributed by atoms with Crippen molar-refractivity contribution in [3.63, 3.8) is 0 Å². The Hall–Kier alpha value is -3.48. The van der Waals surface area contributed by atoms with E-state index in [0.717, 1.165) is 11.1 Å². The number of nitrogens with one attached hydrogen (secondary N) is 2. The molecule has 0 saturated heterocycles. The molecule has 3 rings (SSSR count). The second-order valence-electron chi connectivity index (χ2n) is 6.04.